The minimum Gasteiger partial charge on any atom is -0.329 e. The van der Waals surface area contributed by atoms with Gasteiger partial charge in [-0.15, -0.1) is 0 Å². The predicted octanol–water partition coefficient (Wildman–Crippen LogP) is 3.58. The van der Waals surface area contributed by atoms with E-state index in [4.69, 9.17) is 4.84 Å². The average Bonchev–Trinajstić information content (AvgIpc) is 3.11. The fourth-order valence-electron chi connectivity index (χ4n) is 2.37. The summed E-state index contributed by atoms with van der Waals surface area (Å²) in [6.07, 6.45) is -4.57. The van der Waals surface area contributed by atoms with Gasteiger partial charge in [-0.25, -0.2) is 5.06 Å². The number of nitrogens with zero attached hydrogens (tertiary/aromatic N) is 3. The molecule has 0 saturated heterocycles. The van der Waals surface area contributed by atoms with Crippen LogP contribution in [0.15, 0.2) is 28.8 Å². The van der Waals surface area contributed by atoms with Gasteiger partial charge < -0.3 is 9.32 Å². The topological polar surface area (TPSA) is 85.5 Å². The average molecular weight is 385 g/mol. The third kappa shape index (κ3) is 5.13. The molecule has 0 aliphatic carbocycles. The van der Waals surface area contributed by atoms with Crippen LogP contribution in [0.5, 0.6) is 0 Å². The Balaban J connectivity index is 2.14. The fraction of sp³-hybridized carbons (Fsp3) is 0.412. The summed E-state index contributed by atoms with van der Waals surface area (Å²) in [4.78, 5) is 31.7. The Morgan fingerprint density at radius 1 is 1.22 bits per heavy atom. The number of alkyl halides is 3. The van der Waals surface area contributed by atoms with Crippen molar-refractivity contribution < 1.29 is 32.1 Å². The molecular formula is C17H18F3N3O4. The van der Waals surface area contributed by atoms with Crippen molar-refractivity contribution in [1.82, 2.24) is 15.2 Å². The molecule has 0 fully saturated rings. The van der Waals surface area contributed by atoms with Crippen LogP contribution in [0, 0.1) is 0 Å². The van der Waals surface area contributed by atoms with Crippen LogP contribution >= 0.6 is 0 Å². The highest BCUT2D eigenvalue weighted by Crippen LogP contribution is 2.30. The van der Waals surface area contributed by atoms with E-state index in [0.717, 1.165) is 5.06 Å². The second-order valence-corrected chi connectivity index (χ2v) is 5.82. The maximum Gasteiger partial charge on any atom is 0.471 e. The molecule has 0 bridgehead atoms. The predicted molar refractivity (Wildman–Crippen MR) is 86.9 cm³/mol. The van der Waals surface area contributed by atoms with Crippen LogP contribution in [0.4, 0.5) is 13.2 Å². The summed E-state index contributed by atoms with van der Waals surface area (Å²) in [6, 6.07) is 5.80. The molecule has 10 heteroatoms. The van der Waals surface area contributed by atoms with E-state index in [0.29, 0.717) is 11.1 Å². The highest BCUT2D eigenvalue weighted by Gasteiger charge is 2.38. The maximum atomic E-state index is 12.5. The van der Waals surface area contributed by atoms with Crippen LogP contribution in [-0.2, 0) is 20.6 Å². The molecule has 0 radical (unpaired) electrons. The van der Waals surface area contributed by atoms with Gasteiger partial charge in [0.2, 0.25) is 11.7 Å². The maximum absolute atomic E-state index is 12.5. The minimum atomic E-state index is -4.71. The molecule has 2 aromatic rings. The molecule has 7 nitrogen and oxygen atoms in total. The second kappa shape index (κ2) is 8.30. The summed E-state index contributed by atoms with van der Waals surface area (Å²) in [5.41, 5.74) is 1.01. The Morgan fingerprint density at radius 3 is 2.33 bits per heavy atom. The van der Waals surface area contributed by atoms with Gasteiger partial charge in [-0.05, 0) is 19.4 Å². The molecule has 27 heavy (non-hydrogen) atoms. The number of carbonyl (C=O) groups excluding carboxylic acids is 2. The van der Waals surface area contributed by atoms with Crippen molar-refractivity contribution >= 4 is 11.7 Å². The van der Waals surface area contributed by atoms with Gasteiger partial charge in [-0.3, -0.25) is 9.63 Å². The van der Waals surface area contributed by atoms with E-state index >= 15 is 0 Å². The van der Waals surface area contributed by atoms with Crippen molar-refractivity contribution in [2.24, 2.45) is 0 Å². The smallest absolute Gasteiger partial charge is 0.329 e. The number of benzene rings is 1. The number of hydrogen-bond donors (Lipinski definition) is 0. The zero-order valence-electron chi connectivity index (χ0n) is 14.9. The Bertz CT molecular complexity index is 803. The van der Waals surface area contributed by atoms with Crippen molar-refractivity contribution in [2.45, 2.75) is 38.9 Å². The van der Waals surface area contributed by atoms with Crippen molar-refractivity contribution in [3.05, 3.63) is 35.7 Å². The highest BCUT2D eigenvalue weighted by atomic mass is 19.4. The number of Topliss-reactive ketones (excluding diaryl/α,β-unsaturated/α-hetero) is 1. The Kier molecular flexibility index (Phi) is 6.32. The van der Waals surface area contributed by atoms with E-state index in [2.05, 4.69) is 14.7 Å². The van der Waals surface area contributed by atoms with Gasteiger partial charge in [-0.2, -0.15) is 18.2 Å². The van der Waals surface area contributed by atoms with E-state index in [1.165, 1.54) is 26.2 Å². The third-order valence-electron chi connectivity index (χ3n) is 3.81. The quantitative estimate of drug-likeness (QED) is 0.678. The number of halogens is 3. The molecule has 1 heterocycles. The normalized spacial score (nSPS) is 12.7. The first-order valence-electron chi connectivity index (χ1n) is 8.00. The number of ketones is 1. The molecule has 146 valence electrons. The fourth-order valence-corrected chi connectivity index (χ4v) is 2.37. The van der Waals surface area contributed by atoms with E-state index in [1.807, 2.05) is 0 Å². The van der Waals surface area contributed by atoms with Gasteiger partial charge >= 0.3 is 12.1 Å². The summed E-state index contributed by atoms with van der Waals surface area (Å²) in [5, 5.41) is 4.47. The van der Waals surface area contributed by atoms with E-state index in [1.54, 1.807) is 19.1 Å². The highest BCUT2D eigenvalue weighted by molar-refractivity contribution is 5.83. The van der Waals surface area contributed by atoms with Gasteiger partial charge in [0.05, 0.1) is 13.2 Å². The summed E-state index contributed by atoms with van der Waals surface area (Å²) in [5.74, 6) is -2.06. The van der Waals surface area contributed by atoms with Crippen LogP contribution in [0.1, 0.15) is 44.2 Å². The standard InChI is InChI=1S/C17H18F3N3O4/c1-10(24)4-9-14(25)23(26-3)11(2)12-5-7-13(8-6-12)15-21-16(27-22-15)17(18,19)20/h5-8,11H,4,9H2,1-3H3. The van der Waals surface area contributed by atoms with E-state index in [-0.39, 0.29) is 30.4 Å². The number of rotatable bonds is 7. The number of hydrogen-bond acceptors (Lipinski definition) is 6. The summed E-state index contributed by atoms with van der Waals surface area (Å²) >= 11 is 0. The second-order valence-electron chi connectivity index (χ2n) is 5.82. The number of carbonyl (C=O) groups is 2. The first-order valence-corrected chi connectivity index (χ1v) is 8.00. The van der Waals surface area contributed by atoms with Gasteiger partial charge in [0.15, 0.2) is 0 Å². The first kappa shape index (κ1) is 20.6. The molecular weight excluding hydrogens is 367 g/mol. The summed E-state index contributed by atoms with van der Waals surface area (Å²) in [7, 11) is 1.34. The van der Waals surface area contributed by atoms with Crippen molar-refractivity contribution in [3.63, 3.8) is 0 Å². The van der Waals surface area contributed by atoms with Gasteiger partial charge in [0, 0.05) is 18.4 Å². The van der Waals surface area contributed by atoms with Gasteiger partial charge in [-0.1, -0.05) is 29.4 Å². The van der Waals surface area contributed by atoms with Crippen LogP contribution in [-0.4, -0.2) is 34.0 Å². The van der Waals surface area contributed by atoms with Crippen molar-refractivity contribution in [2.75, 3.05) is 7.11 Å². The molecule has 1 unspecified atom stereocenters. The van der Waals surface area contributed by atoms with Crippen LogP contribution in [0.2, 0.25) is 0 Å². The number of amides is 1. The number of hydroxylamine groups is 2. The van der Waals surface area contributed by atoms with E-state index in [9.17, 15) is 22.8 Å². The lowest BCUT2D eigenvalue weighted by Gasteiger charge is -2.27. The summed E-state index contributed by atoms with van der Waals surface area (Å²) in [6.45, 7) is 3.12. The molecule has 0 aliphatic rings. The molecule has 1 amide bonds. The molecule has 1 aromatic heterocycles. The van der Waals surface area contributed by atoms with E-state index < -0.39 is 18.1 Å². The van der Waals surface area contributed by atoms with Crippen molar-refractivity contribution in [3.8, 4) is 11.4 Å². The molecule has 2 rings (SSSR count). The Hall–Kier alpha value is -2.75. The molecule has 1 atom stereocenters. The molecule has 1 aromatic carbocycles. The van der Waals surface area contributed by atoms with Gasteiger partial charge in [0.1, 0.15) is 5.78 Å². The zero-order chi connectivity index (χ0) is 20.2. The van der Waals surface area contributed by atoms with Crippen LogP contribution < -0.4 is 0 Å². The SMILES string of the molecule is CON(C(=O)CCC(C)=O)C(C)c1ccc(-c2noc(C(F)(F)F)n2)cc1. The molecule has 0 aliphatic heterocycles. The molecule has 0 N–H and O–H groups in total. The number of aromatic nitrogens is 2. The van der Waals surface area contributed by atoms with Crippen LogP contribution in [0.25, 0.3) is 11.4 Å². The minimum absolute atomic E-state index is 0.0225. The zero-order valence-corrected chi connectivity index (χ0v) is 14.9. The molecule has 0 spiro atoms. The van der Waals surface area contributed by atoms with Crippen molar-refractivity contribution in [1.29, 1.82) is 0 Å². The first-order chi connectivity index (χ1) is 12.6. The Morgan fingerprint density at radius 2 is 1.85 bits per heavy atom. The lowest BCUT2D eigenvalue weighted by atomic mass is 10.0. The van der Waals surface area contributed by atoms with Crippen LogP contribution in [0.3, 0.4) is 0 Å². The lowest BCUT2D eigenvalue weighted by Crippen LogP contribution is -2.32. The lowest BCUT2D eigenvalue weighted by molar-refractivity contribution is -0.188. The molecule has 0 saturated carbocycles. The third-order valence-corrected chi connectivity index (χ3v) is 3.81. The summed E-state index contributed by atoms with van der Waals surface area (Å²) < 4.78 is 41.8. The monoisotopic (exact) mass is 385 g/mol. The van der Waals surface area contributed by atoms with Gasteiger partial charge in [0.25, 0.3) is 0 Å². The largest absolute Gasteiger partial charge is 0.471 e. The Labute approximate surface area is 153 Å².